The van der Waals surface area contributed by atoms with E-state index in [0.29, 0.717) is 13.2 Å². The van der Waals surface area contributed by atoms with Crippen molar-refractivity contribution in [3.63, 3.8) is 0 Å². The molecule has 1 aliphatic heterocycles. The lowest BCUT2D eigenvalue weighted by atomic mass is 10.3. The van der Waals surface area contributed by atoms with Crippen molar-refractivity contribution in [3.8, 4) is 5.75 Å². The van der Waals surface area contributed by atoms with Crippen molar-refractivity contribution in [3.05, 3.63) is 40.6 Å². The van der Waals surface area contributed by atoms with E-state index in [1.807, 2.05) is 11.4 Å². The molecule has 1 fully saturated rings. The molecule has 2 aromatic rings. The molecule has 0 atom stereocenters. The molecule has 0 spiro atoms. The Bertz CT molecular complexity index is 984. The van der Waals surface area contributed by atoms with Gasteiger partial charge in [0, 0.05) is 18.0 Å². The Balaban J connectivity index is 1.66. The number of carbonyl (C=O) groups excluding carboxylic acids is 2. The Kier molecular flexibility index (Phi) is 7.43. The van der Waals surface area contributed by atoms with Crippen molar-refractivity contribution < 1.29 is 32.2 Å². The summed E-state index contributed by atoms with van der Waals surface area (Å²) in [7, 11) is -2.33. The molecular weight excluding hydrogens is 432 g/mol. The smallest absolute Gasteiger partial charge is 0.311 e. The topological polar surface area (TPSA) is 111 Å². The third-order valence-corrected chi connectivity index (χ3v) is 7.09. The second kappa shape index (κ2) is 10.0. The summed E-state index contributed by atoms with van der Waals surface area (Å²) in [6.45, 7) is 0.686. The highest BCUT2D eigenvalue weighted by Gasteiger charge is 2.27. The monoisotopic (exact) mass is 454 g/mol. The summed E-state index contributed by atoms with van der Waals surface area (Å²) < 4.78 is 42.4. The van der Waals surface area contributed by atoms with Crippen LogP contribution in [0.5, 0.6) is 5.75 Å². The third-order valence-electron chi connectivity index (χ3n) is 4.32. The first kappa shape index (κ1) is 22.2. The Labute approximate surface area is 178 Å². The van der Waals surface area contributed by atoms with E-state index in [9.17, 15) is 18.0 Å². The number of carbonyl (C=O) groups is 2. The standard InChI is InChI=1S/C19H22N2O7S2/c1-26-17-5-4-15(30(24,25)21-6-8-27-9-7-21)12-16(17)20-18(22)13-28-19(23)11-14-3-2-10-29-14/h2-5,10,12H,6-9,11,13H2,1H3,(H,20,22). The van der Waals surface area contributed by atoms with Gasteiger partial charge in [-0.05, 0) is 29.6 Å². The molecule has 3 rings (SSSR count). The summed E-state index contributed by atoms with van der Waals surface area (Å²) in [6, 6.07) is 7.84. The number of nitrogens with zero attached hydrogens (tertiary/aromatic N) is 1. The molecule has 0 saturated carbocycles. The molecule has 30 heavy (non-hydrogen) atoms. The van der Waals surface area contributed by atoms with E-state index in [0.717, 1.165) is 4.88 Å². The van der Waals surface area contributed by atoms with Crippen LogP contribution in [0.2, 0.25) is 0 Å². The molecule has 0 radical (unpaired) electrons. The summed E-state index contributed by atoms with van der Waals surface area (Å²) in [4.78, 5) is 24.9. The number of methoxy groups -OCH3 is 1. The Morgan fingerprint density at radius 3 is 2.67 bits per heavy atom. The van der Waals surface area contributed by atoms with E-state index in [1.165, 1.54) is 41.0 Å². The van der Waals surface area contributed by atoms with E-state index in [4.69, 9.17) is 14.2 Å². The quantitative estimate of drug-likeness (QED) is 0.602. The van der Waals surface area contributed by atoms with Crippen LogP contribution in [0.15, 0.2) is 40.6 Å². The minimum absolute atomic E-state index is 0.0233. The number of hydrogen-bond donors (Lipinski definition) is 1. The molecule has 1 aliphatic rings. The summed E-state index contributed by atoms with van der Waals surface area (Å²) in [6.07, 6.45) is 0.0849. The average molecular weight is 455 g/mol. The lowest BCUT2D eigenvalue weighted by molar-refractivity contribution is -0.146. The number of benzene rings is 1. The second-order valence-corrected chi connectivity index (χ2v) is 9.31. The van der Waals surface area contributed by atoms with Crippen LogP contribution in [0.4, 0.5) is 5.69 Å². The molecule has 1 aromatic heterocycles. The number of nitrogens with one attached hydrogen (secondary N) is 1. The van der Waals surface area contributed by atoms with Gasteiger partial charge in [0.15, 0.2) is 6.61 Å². The number of ether oxygens (including phenoxy) is 3. The van der Waals surface area contributed by atoms with Gasteiger partial charge in [0.1, 0.15) is 5.75 Å². The highest BCUT2D eigenvalue weighted by atomic mass is 32.2. The molecule has 0 unspecified atom stereocenters. The Morgan fingerprint density at radius 1 is 1.23 bits per heavy atom. The van der Waals surface area contributed by atoms with Gasteiger partial charge in [-0.25, -0.2) is 8.42 Å². The van der Waals surface area contributed by atoms with Crippen molar-refractivity contribution in [1.82, 2.24) is 4.31 Å². The fraction of sp³-hybridized carbons (Fsp3) is 0.368. The predicted octanol–water partition coefficient (Wildman–Crippen LogP) is 1.50. The average Bonchev–Trinajstić information content (AvgIpc) is 3.26. The van der Waals surface area contributed by atoms with E-state index in [2.05, 4.69) is 5.32 Å². The lowest BCUT2D eigenvalue weighted by Gasteiger charge is -2.26. The first-order valence-corrected chi connectivity index (χ1v) is 11.5. The number of morpholine rings is 1. The zero-order chi connectivity index (χ0) is 21.6. The fourth-order valence-corrected chi connectivity index (χ4v) is 4.95. The summed E-state index contributed by atoms with van der Waals surface area (Å²) >= 11 is 1.42. The fourth-order valence-electron chi connectivity index (χ4n) is 2.82. The summed E-state index contributed by atoms with van der Waals surface area (Å²) in [5, 5.41) is 4.39. The number of hydrogen-bond acceptors (Lipinski definition) is 8. The normalized spacial score (nSPS) is 14.8. The van der Waals surface area contributed by atoms with Crippen LogP contribution >= 0.6 is 11.3 Å². The summed E-state index contributed by atoms with van der Waals surface area (Å²) in [5.74, 6) is -0.842. The van der Waals surface area contributed by atoms with Gasteiger partial charge in [0.2, 0.25) is 10.0 Å². The maximum absolute atomic E-state index is 12.8. The number of amides is 1. The maximum Gasteiger partial charge on any atom is 0.311 e. The first-order chi connectivity index (χ1) is 14.4. The molecule has 11 heteroatoms. The largest absolute Gasteiger partial charge is 0.495 e. The van der Waals surface area contributed by atoms with Crippen LogP contribution in [0.1, 0.15) is 4.88 Å². The molecule has 1 N–H and O–H groups in total. The molecule has 1 amide bonds. The molecule has 9 nitrogen and oxygen atoms in total. The SMILES string of the molecule is COc1ccc(S(=O)(=O)N2CCOCC2)cc1NC(=O)COC(=O)Cc1cccs1. The van der Waals surface area contributed by atoms with E-state index >= 15 is 0 Å². The third kappa shape index (κ3) is 5.57. The number of rotatable bonds is 8. The van der Waals surface area contributed by atoms with Crippen molar-refractivity contribution in [2.24, 2.45) is 0 Å². The molecule has 0 aliphatic carbocycles. The van der Waals surface area contributed by atoms with Crippen LogP contribution < -0.4 is 10.1 Å². The molecule has 1 saturated heterocycles. The maximum atomic E-state index is 12.8. The van der Waals surface area contributed by atoms with Crippen LogP contribution in [0, 0.1) is 0 Å². The zero-order valence-corrected chi connectivity index (χ0v) is 18.0. The van der Waals surface area contributed by atoms with Crippen LogP contribution in [-0.4, -0.2) is 64.6 Å². The van der Waals surface area contributed by atoms with Crippen molar-refractivity contribution in [2.75, 3.05) is 45.3 Å². The first-order valence-electron chi connectivity index (χ1n) is 9.14. The minimum Gasteiger partial charge on any atom is -0.495 e. The molecule has 162 valence electrons. The van der Waals surface area contributed by atoms with Crippen molar-refractivity contribution in [2.45, 2.75) is 11.3 Å². The highest BCUT2D eigenvalue weighted by Crippen LogP contribution is 2.29. The van der Waals surface area contributed by atoms with Gasteiger partial charge in [-0.2, -0.15) is 4.31 Å². The number of thiophene rings is 1. The van der Waals surface area contributed by atoms with Gasteiger partial charge in [0.05, 0.1) is 37.3 Å². The second-order valence-electron chi connectivity index (χ2n) is 6.34. The number of sulfonamides is 1. The Hall–Kier alpha value is -2.47. The molecule has 0 bridgehead atoms. The van der Waals surface area contributed by atoms with Crippen LogP contribution in [0.25, 0.3) is 0 Å². The predicted molar refractivity (Wildman–Crippen MR) is 110 cm³/mol. The van der Waals surface area contributed by atoms with Gasteiger partial charge in [-0.3, -0.25) is 9.59 Å². The van der Waals surface area contributed by atoms with Gasteiger partial charge in [0.25, 0.3) is 5.91 Å². The lowest BCUT2D eigenvalue weighted by Crippen LogP contribution is -2.40. The Morgan fingerprint density at radius 2 is 2.00 bits per heavy atom. The number of esters is 1. The van der Waals surface area contributed by atoms with Gasteiger partial charge in [-0.1, -0.05) is 6.07 Å². The minimum atomic E-state index is -3.74. The van der Waals surface area contributed by atoms with Crippen LogP contribution in [0.3, 0.4) is 0 Å². The van der Waals surface area contributed by atoms with Gasteiger partial charge < -0.3 is 19.5 Å². The van der Waals surface area contributed by atoms with E-state index in [1.54, 1.807) is 6.07 Å². The van der Waals surface area contributed by atoms with Crippen LogP contribution in [-0.2, 0) is 35.5 Å². The number of anilines is 1. The van der Waals surface area contributed by atoms with Gasteiger partial charge in [-0.15, -0.1) is 11.3 Å². The highest BCUT2D eigenvalue weighted by molar-refractivity contribution is 7.89. The van der Waals surface area contributed by atoms with E-state index < -0.39 is 28.5 Å². The van der Waals surface area contributed by atoms with Crippen molar-refractivity contribution in [1.29, 1.82) is 0 Å². The van der Waals surface area contributed by atoms with Gasteiger partial charge >= 0.3 is 5.97 Å². The molecule has 2 heterocycles. The summed E-state index contributed by atoms with van der Waals surface area (Å²) in [5.41, 5.74) is 0.172. The zero-order valence-electron chi connectivity index (χ0n) is 16.3. The molecular formula is C19H22N2O7S2. The molecule has 1 aromatic carbocycles. The van der Waals surface area contributed by atoms with Crippen molar-refractivity contribution >= 4 is 38.9 Å². The van der Waals surface area contributed by atoms with E-state index in [-0.39, 0.29) is 35.8 Å².